The molecule has 0 unspecified atom stereocenters. The number of aliphatic carboxylic acids is 1. The van der Waals surface area contributed by atoms with Crippen LogP contribution in [0.3, 0.4) is 0 Å². The standard InChI is InChI=1S/C28H29N3O8S/c1-38-27(36)23(30-24(32)15-31(16-26(34)35)25(33)14-21-11-12-40-18-21)13-19-7-9-22(10-8-19)29-28(37)39-17-20-5-3-2-4-6-20/h2-12,18,23H,13-17H2,1H3,(H,29,37)(H,30,32)(H,34,35)/t23-/m0/s1. The summed E-state index contributed by atoms with van der Waals surface area (Å²) in [7, 11) is 1.18. The fourth-order valence-electron chi connectivity index (χ4n) is 3.66. The maximum atomic E-state index is 12.7. The predicted octanol–water partition coefficient (Wildman–Crippen LogP) is 2.85. The monoisotopic (exact) mass is 567 g/mol. The average molecular weight is 568 g/mol. The normalized spacial score (nSPS) is 11.1. The third-order valence-electron chi connectivity index (χ3n) is 5.62. The Morgan fingerprint density at radius 2 is 1.65 bits per heavy atom. The number of nitrogens with zero attached hydrogens (tertiary/aromatic N) is 1. The van der Waals surface area contributed by atoms with Crippen molar-refractivity contribution in [3.8, 4) is 0 Å². The molecule has 1 heterocycles. The lowest BCUT2D eigenvalue weighted by atomic mass is 10.1. The molecule has 0 saturated carbocycles. The van der Waals surface area contributed by atoms with Gasteiger partial charge in [-0.05, 0) is 45.6 Å². The van der Waals surface area contributed by atoms with Gasteiger partial charge in [-0.25, -0.2) is 9.59 Å². The van der Waals surface area contributed by atoms with Crippen LogP contribution >= 0.6 is 11.3 Å². The van der Waals surface area contributed by atoms with Gasteiger partial charge in [0.2, 0.25) is 11.8 Å². The number of hydrogen-bond acceptors (Lipinski definition) is 8. The van der Waals surface area contributed by atoms with E-state index < -0.39 is 49.0 Å². The van der Waals surface area contributed by atoms with Crippen molar-refractivity contribution in [3.63, 3.8) is 0 Å². The van der Waals surface area contributed by atoms with Crippen LogP contribution in [-0.4, -0.2) is 66.1 Å². The van der Waals surface area contributed by atoms with E-state index in [0.717, 1.165) is 10.5 Å². The number of carbonyl (C=O) groups excluding carboxylic acids is 4. The van der Waals surface area contributed by atoms with Crippen molar-refractivity contribution in [2.24, 2.45) is 0 Å². The minimum atomic E-state index is -1.27. The fourth-order valence-corrected chi connectivity index (χ4v) is 4.33. The van der Waals surface area contributed by atoms with Crippen LogP contribution in [0.2, 0.25) is 0 Å². The third-order valence-corrected chi connectivity index (χ3v) is 6.35. The molecule has 3 aromatic rings. The maximum absolute atomic E-state index is 12.7. The molecule has 0 radical (unpaired) electrons. The van der Waals surface area contributed by atoms with Gasteiger partial charge in [0.25, 0.3) is 0 Å². The molecule has 1 atom stereocenters. The van der Waals surface area contributed by atoms with E-state index >= 15 is 0 Å². The molecule has 40 heavy (non-hydrogen) atoms. The number of thiophene rings is 1. The van der Waals surface area contributed by atoms with Crippen LogP contribution in [0.1, 0.15) is 16.7 Å². The van der Waals surface area contributed by atoms with Crippen LogP contribution in [-0.2, 0) is 48.1 Å². The highest BCUT2D eigenvalue weighted by molar-refractivity contribution is 7.08. The van der Waals surface area contributed by atoms with E-state index in [9.17, 15) is 29.1 Å². The SMILES string of the molecule is COC(=O)[C@H](Cc1ccc(NC(=O)OCc2ccccc2)cc1)NC(=O)CN(CC(=O)O)C(=O)Cc1ccsc1. The zero-order chi connectivity index (χ0) is 28.9. The number of anilines is 1. The van der Waals surface area contributed by atoms with E-state index in [2.05, 4.69) is 10.6 Å². The van der Waals surface area contributed by atoms with Gasteiger partial charge >= 0.3 is 18.0 Å². The van der Waals surface area contributed by atoms with Crippen LogP contribution in [0.4, 0.5) is 10.5 Å². The lowest BCUT2D eigenvalue weighted by molar-refractivity contribution is -0.147. The molecule has 0 aliphatic carbocycles. The van der Waals surface area contributed by atoms with Gasteiger partial charge in [-0.3, -0.25) is 19.7 Å². The molecule has 210 valence electrons. The highest BCUT2D eigenvalue weighted by Gasteiger charge is 2.25. The Kier molecular flexibility index (Phi) is 11.2. The Morgan fingerprint density at radius 1 is 0.925 bits per heavy atom. The first-order chi connectivity index (χ1) is 19.2. The van der Waals surface area contributed by atoms with Crippen LogP contribution in [0.5, 0.6) is 0 Å². The first kappa shape index (κ1) is 29.8. The van der Waals surface area contributed by atoms with E-state index in [0.29, 0.717) is 16.8 Å². The van der Waals surface area contributed by atoms with Crippen LogP contribution in [0, 0.1) is 0 Å². The van der Waals surface area contributed by atoms with Crippen LogP contribution < -0.4 is 10.6 Å². The molecule has 3 rings (SSSR count). The first-order valence-corrected chi connectivity index (χ1v) is 13.1. The van der Waals surface area contributed by atoms with Gasteiger partial charge in [-0.1, -0.05) is 42.5 Å². The molecule has 12 heteroatoms. The van der Waals surface area contributed by atoms with Crippen molar-refractivity contribution in [1.29, 1.82) is 0 Å². The van der Waals surface area contributed by atoms with Crippen LogP contribution in [0.15, 0.2) is 71.4 Å². The quantitative estimate of drug-likeness (QED) is 0.267. The molecule has 3 amide bonds. The molecule has 0 spiro atoms. The van der Waals surface area contributed by atoms with Gasteiger partial charge in [-0.15, -0.1) is 0 Å². The zero-order valence-electron chi connectivity index (χ0n) is 21.7. The van der Waals surface area contributed by atoms with Gasteiger partial charge in [0.1, 0.15) is 25.7 Å². The second-order valence-electron chi connectivity index (χ2n) is 8.68. The molecule has 0 bridgehead atoms. The number of carboxylic acid groups (broad SMARTS) is 1. The third kappa shape index (κ3) is 9.87. The number of carboxylic acids is 1. The number of nitrogens with one attached hydrogen (secondary N) is 2. The summed E-state index contributed by atoms with van der Waals surface area (Å²) in [4.78, 5) is 62.0. The Hall–Kier alpha value is -4.71. The van der Waals surface area contributed by atoms with Crippen LogP contribution in [0.25, 0.3) is 0 Å². The number of esters is 1. The number of methoxy groups -OCH3 is 1. The largest absolute Gasteiger partial charge is 0.480 e. The topological polar surface area (TPSA) is 151 Å². The molecule has 3 N–H and O–H groups in total. The average Bonchev–Trinajstić information content (AvgIpc) is 3.45. The lowest BCUT2D eigenvalue weighted by Gasteiger charge is -2.22. The molecule has 0 aliphatic heterocycles. The van der Waals surface area contributed by atoms with Gasteiger partial charge < -0.3 is 24.8 Å². The summed E-state index contributed by atoms with van der Waals surface area (Å²) in [6.45, 7) is -1.09. The van der Waals surface area contributed by atoms with Crippen molar-refractivity contribution in [1.82, 2.24) is 10.2 Å². The smallest absolute Gasteiger partial charge is 0.411 e. The molecular formula is C28H29N3O8S. The highest BCUT2D eigenvalue weighted by Crippen LogP contribution is 2.13. The molecule has 11 nitrogen and oxygen atoms in total. The highest BCUT2D eigenvalue weighted by atomic mass is 32.1. The fraction of sp³-hybridized carbons (Fsp3) is 0.250. The van der Waals surface area contributed by atoms with E-state index in [-0.39, 0.29) is 19.4 Å². The van der Waals surface area contributed by atoms with E-state index in [1.54, 1.807) is 41.1 Å². The summed E-state index contributed by atoms with van der Waals surface area (Å²) < 4.78 is 10.0. The van der Waals surface area contributed by atoms with Crippen molar-refractivity contribution in [2.75, 3.05) is 25.5 Å². The summed E-state index contributed by atoms with van der Waals surface area (Å²) in [5.41, 5.74) is 2.67. The summed E-state index contributed by atoms with van der Waals surface area (Å²) in [6, 6.07) is 16.4. The van der Waals surface area contributed by atoms with Gasteiger partial charge in [0.15, 0.2) is 0 Å². The molecule has 0 fully saturated rings. The summed E-state index contributed by atoms with van der Waals surface area (Å²) >= 11 is 1.40. The summed E-state index contributed by atoms with van der Waals surface area (Å²) in [5, 5.41) is 17.9. The summed E-state index contributed by atoms with van der Waals surface area (Å²) in [5.74, 6) is -3.23. The van der Waals surface area contributed by atoms with Gasteiger partial charge in [0.05, 0.1) is 13.5 Å². The van der Waals surface area contributed by atoms with Crippen molar-refractivity contribution >= 4 is 46.9 Å². The number of ether oxygens (including phenoxy) is 2. The van der Waals surface area contributed by atoms with Crippen molar-refractivity contribution in [3.05, 3.63) is 88.1 Å². The number of hydrogen-bond donors (Lipinski definition) is 3. The van der Waals surface area contributed by atoms with Gasteiger partial charge in [-0.2, -0.15) is 11.3 Å². The minimum absolute atomic E-state index is 0.0509. The Labute approximate surface area is 234 Å². The molecule has 2 aromatic carbocycles. The number of carbonyl (C=O) groups is 5. The Bertz CT molecular complexity index is 1300. The van der Waals surface area contributed by atoms with E-state index in [1.807, 2.05) is 30.3 Å². The molecule has 1 aromatic heterocycles. The number of benzene rings is 2. The van der Waals surface area contributed by atoms with Crippen molar-refractivity contribution < 1.29 is 38.6 Å². The lowest BCUT2D eigenvalue weighted by Crippen LogP contribution is -2.49. The maximum Gasteiger partial charge on any atom is 0.411 e. The molecular weight excluding hydrogens is 538 g/mol. The minimum Gasteiger partial charge on any atom is -0.480 e. The van der Waals surface area contributed by atoms with Gasteiger partial charge in [0, 0.05) is 12.1 Å². The van der Waals surface area contributed by atoms with E-state index in [1.165, 1.54) is 18.4 Å². The predicted molar refractivity (Wildman–Crippen MR) is 147 cm³/mol. The molecule has 0 saturated heterocycles. The first-order valence-electron chi connectivity index (χ1n) is 12.2. The molecule has 0 aliphatic rings. The second-order valence-corrected chi connectivity index (χ2v) is 9.46. The Morgan fingerprint density at radius 3 is 2.27 bits per heavy atom. The zero-order valence-corrected chi connectivity index (χ0v) is 22.5. The number of rotatable bonds is 13. The Balaban J connectivity index is 1.56. The van der Waals surface area contributed by atoms with E-state index in [4.69, 9.17) is 9.47 Å². The number of amides is 3. The van der Waals surface area contributed by atoms with Crippen molar-refractivity contribution in [2.45, 2.75) is 25.5 Å². The second kappa shape index (κ2) is 15.0. The summed E-state index contributed by atoms with van der Waals surface area (Å²) in [6.07, 6.45) is -0.625.